The molecule has 8 heavy (non-hydrogen) atoms. The van der Waals surface area contributed by atoms with Crippen molar-refractivity contribution in [3.8, 4) is 0 Å². The fraction of sp³-hybridized carbons (Fsp3) is 0.800. The van der Waals surface area contributed by atoms with Crippen molar-refractivity contribution in [1.29, 1.82) is 0 Å². The highest BCUT2D eigenvalue weighted by Gasteiger charge is 2.25. The van der Waals surface area contributed by atoms with Crippen molar-refractivity contribution in [3.63, 3.8) is 0 Å². The van der Waals surface area contributed by atoms with Crippen LogP contribution < -0.4 is 0 Å². The van der Waals surface area contributed by atoms with Crippen molar-refractivity contribution in [2.24, 2.45) is 5.16 Å². The van der Waals surface area contributed by atoms with Gasteiger partial charge in [0.2, 0.25) is 0 Å². The first-order valence-electron chi connectivity index (χ1n) is 2.61. The van der Waals surface area contributed by atoms with E-state index >= 15 is 0 Å². The summed E-state index contributed by atoms with van der Waals surface area (Å²) < 4.78 is 0. The molecule has 2 radical (unpaired) electrons. The van der Waals surface area contributed by atoms with Crippen LogP contribution in [-0.2, 0) is 4.84 Å². The van der Waals surface area contributed by atoms with E-state index in [1.54, 1.807) is 0 Å². The van der Waals surface area contributed by atoms with Crippen LogP contribution in [0.1, 0.15) is 20.3 Å². The molecule has 0 aromatic carbocycles. The molecule has 1 aliphatic rings. The van der Waals surface area contributed by atoms with E-state index in [9.17, 15) is 0 Å². The van der Waals surface area contributed by atoms with Crippen LogP contribution in [0.5, 0.6) is 0 Å². The van der Waals surface area contributed by atoms with Crippen LogP contribution in [0.15, 0.2) is 5.16 Å². The Morgan fingerprint density at radius 1 is 1.75 bits per heavy atom. The Balaban J connectivity index is 2.55. The highest BCUT2D eigenvalue weighted by molar-refractivity contribution is 6.59. The van der Waals surface area contributed by atoms with Crippen LogP contribution >= 0.6 is 0 Å². The van der Waals surface area contributed by atoms with E-state index in [2.05, 4.69) is 5.16 Å². The maximum atomic E-state index is 5.34. The summed E-state index contributed by atoms with van der Waals surface area (Å²) in [5.74, 6) is 0. The van der Waals surface area contributed by atoms with Gasteiger partial charge in [-0.25, -0.2) is 0 Å². The van der Waals surface area contributed by atoms with Gasteiger partial charge < -0.3 is 4.84 Å². The molecule has 0 N–H and O–H groups in total. The van der Waals surface area contributed by atoms with Crippen LogP contribution in [0.25, 0.3) is 0 Å². The molecule has 1 aliphatic heterocycles. The number of rotatable bonds is 0. The summed E-state index contributed by atoms with van der Waals surface area (Å²) in [6.07, 6.45) is 0.743. The second-order valence-corrected chi connectivity index (χ2v) is 2.61. The van der Waals surface area contributed by atoms with Crippen LogP contribution in [0.2, 0.25) is 0 Å². The lowest BCUT2D eigenvalue weighted by molar-refractivity contribution is 0.0123. The lowest BCUT2D eigenvalue weighted by Gasteiger charge is -2.12. The third-order valence-corrected chi connectivity index (χ3v) is 1.02. The van der Waals surface area contributed by atoms with E-state index in [-0.39, 0.29) is 5.60 Å². The Morgan fingerprint density at radius 2 is 2.38 bits per heavy atom. The van der Waals surface area contributed by atoms with Crippen molar-refractivity contribution < 1.29 is 4.84 Å². The van der Waals surface area contributed by atoms with Gasteiger partial charge in [-0.2, -0.15) is 0 Å². The Labute approximate surface area is 50.3 Å². The zero-order valence-corrected chi connectivity index (χ0v) is 5.14. The van der Waals surface area contributed by atoms with Crippen molar-refractivity contribution in [2.75, 3.05) is 0 Å². The summed E-state index contributed by atoms with van der Waals surface area (Å²) in [4.78, 5) is 4.92. The molecular formula is C5H8BNO. The Bertz CT molecular complexity index is 130. The third kappa shape index (κ3) is 1.03. The predicted octanol–water partition coefficient (Wildman–Crippen LogP) is 0.667. The monoisotopic (exact) mass is 109 g/mol. The lowest BCUT2D eigenvalue weighted by atomic mass is 9.91. The van der Waals surface area contributed by atoms with E-state index in [1.807, 2.05) is 13.8 Å². The number of nitrogens with zero attached hydrogens (tertiary/aromatic N) is 1. The van der Waals surface area contributed by atoms with Gasteiger partial charge >= 0.3 is 0 Å². The summed E-state index contributed by atoms with van der Waals surface area (Å²) in [5, 5.41) is 3.58. The molecule has 0 fully saturated rings. The zero-order valence-electron chi connectivity index (χ0n) is 5.14. The summed E-state index contributed by atoms with van der Waals surface area (Å²) in [7, 11) is 5.34. The highest BCUT2D eigenvalue weighted by atomic mass is 16.7. The molecule has 0 aromatic heterocycles. The molecule has 0 aromatic rings. The van der Waals surface area contributed by atoms with E-state index in [1.165, 1.54) is 0 Å². The summed E-state index contributed by atoms with van der Waals surface area (Å²) in [6, 6.07) is 0. The molecule has 1 rings (SSSR count). The Kier molecular flexibility index (Phi) is 1.07. The maximum Gasteiger partial charge on any atom is 0.140 e. The van der Waals surface area contributed by atoms with Gasteiger partial charge in [-0.3, -0.25) is 0 Å². The smallest absolute Gasteiger partial charge is 0.140 e. The Morgan fingerprint density at radius 3 is 2.50 bits per heavy atom. The van der Waals surface area contributed by atoms with Crippen LogP contribution in [0.4, 0.5) is 0 Å². The fourth-order valence-electron chi connectivity index (χ4n) is 0.683. The second-order valence-electron chi connectivity index (χ2n) is 2.61. The standard InChI is InChI=1S/C5H8BNO/c1-5(2)3-4(6)7-8-5/h3H2,1-2H3. The molecule has 2 nitrogen and oxygen atoms in total. The molecule has 1 heterocycles. The second kappa shape index (κ2) is 1.50. The molecule has 0 atom stereocenters. The minimum atomic E-state index is -0.163. The average Bonchev–Trinajstić information content (AvgIpc) is 1.82. The van der Waals surface area contributed by atoms with Crippen molar-refractivity contribution >= 4 is 13.5 Å². The minimum absolute atomic E-state index is 0.163. The quantitative estimate of drug-likeness (QED) is 0.419. The molecule has 0 saturated carbocycles. The topological polar surface area (TPSA) is 21.6 Å². The van der Waals surface area contributed by atoms with Gasteiger partial charge in [0.25, 0.3) is 0 Å². The van der Waals surface area contributed by atoms with Gasteiger partial charge in [-0.05, 0) is 13.8 Å². The normalized spacial score (nSPS) is 24.5. The van der Waals surface area contributed by atoms with Crippen LogP contribution in [-0.4, -0.2) is 19.1 Å². The van der Waals surface area contributed by atoms with Crippen molar-refractivity contribution in [2.45, 2.75) is 25.9 Å². The van der Waals surface area contributed by atoms with Crippen molar-refractivity contribution in [3.05, 3.63) is 0 Å². The van der Waals surface area contributed by atoms with Gasteiger partial charge in [0, 0.05) is 12.0 Å². The van der Waals surface area contributed by atoms with E-state index in [4.69, 9.17) is 12.7 Å². The molecule has 0 bridgehead atoms. The molecule has 0 spiro atoms. The average molecular weight is 109 g/mol. The first-order chi connectivity index (χ1) is 3.60. The largest absolute Gasteiger partial charge is 0.390 e. The molecule has 0 saturated heterocycles. The summed E-state index contributed by atoms with van der Waals surface area (Å²) >= 11 is 0. The van der Waals surface area contributed by atoms with Gasteiger partial charge in [-0.15, -0.1) is 5.16 Å². The fourth-order valence-corrected chi connectivity index (χ4v) is 0.683. The van der Waals surface area contributed by atoms with Gasteiger partial charge in [0.15, 0.2) is 0 Å². The van der Waals surface area contributed by atoms with Crippen LogP contribution in [0, 0.1) is 0 Å². The lowest BCUT2D eigenvalue weighted by Crippen LogP contribution is -2.18. The van der Waals surface area contributed by atoms with Crippen molar-refractivity contribution in [1.82, 2.24) is 0 Å². The zero-order chi connectivity index (χ0) is 6.20. The molecule has 0 unspecified atom stereocenters. The van der Waals surface area contributed by atoms with Gasteiger partial charge in [-0.1, -0.05) is 0 Å². The van der Waals surface area contributed by atoms with Crippen LogP contribution in [0.3, 0.4) is 0 Å². The molecule has 0 aliphatic carbocycles. The van der Waals surface area contributed by atoms with E-state index < -0.39 is 0 Å². The van der Waals surface area contributed by atoms with E-state index in [0.717, 1.165) is 6.42 Å². The summed E-state index contributed by atoms with van der Waals surface area (Å²) in [6.45, 7) is 3.91. The van der Waals surface area contributed by atoms with E-state index in [0.29, 0.717) is 5.61 Å². The number of hydrogen-bond donors (Lipinski definition) is 0. The maximum absolute atomic E-state index is 5.34. The molecule has 42 valence electrons. The summed E-state index contributed by atoms with van der Waals surface area (Å²) in [5.41, 5.74) is 0.430. The first-order valence-corrected chi connectivity index (χ1v) is 2.61. The molecular weight excluding hydrogens is 101 g/mol. The first kappa shape index (κ1) is 5.67. The van der Waals surface area contributed by atoms with Gasteiger partial charge in [0.05, 0.1) is 0 Å². The predicted molar refractivity (Wildman–Crippen MR) is 33.0 cm³/mol. The minimum Gasteiger partial charge on any atom is -0.390 e. The number of hydrogen-bond acceptors (Lipinski definition) is 2. The SMILES string of the molecule is [B]C1=NOC(C)(C)C1. The Hall–Kier alpha value is -0.465. The highest BCUT2D eigenvalue weighted by Crippen LogP contribution is 2.20. The third-order valence-electron chi connectivity index (χ3n) is 1.02. The molecule has 3 heteroatoms. The molecule has 0 amide bonds. The van der Waals surface area contributed by atoms with Gasteiger partial charge in [0.1, 0.15) is 13.4 Å². The number of oxime groups is 1.